The summed E-state index contributed by atoms with van der Waals surface area (Å²) in [5.41, 5.74) is 3.90. The summed E-state index contributed by atoms with van der Waals surface area (Å²) >= 11 is 1.50. The number of aromatic amines is 1. The van der Waals surface area contributed by atoms with E-state index in [1.165, 1.54) is 35.6 Å². The molecule has 0 spiro atoms. The summed E-state index contributed by atoms with van der Waals surface area (Å²) in [6.07, 6.45) is 0.530. The summed E-state index contributed by atoms with van der Waals surface area (Å²) in [7, 11) is 0. The maximum Gasteiger partial charge on any atom is 0.220 e. The van der Waals surface area contributed by atoms with Gasteiger partial charge in [-0.15, -0.1) is 0 Å². The number of hydrogen-bond donors (Lipinski definition) is 3. The molecule has 2 aromatic heterocycles. The maximum absolute atomic E-state index is 13.9. The third kappa shape index (κ3) is 4.27. The summed E-state index contributed by atoms with van der Waals surface area (Å²) < 4.78 is 27.2. The van der Waals surface area contributed by atoms with E-state index in [1.54, 1.807) is 18.2 Å². The first-order valence-electron chi connectivity index (χ1n) is 9.53. The second kappa shape index (κ2) is 8.77. The van der Waals surface area contributed by atoms with Crippen molar-refractivity contribution in [1.29, 1.82) is 0 Å². The number of thiophene rings is 1. The van der Waals surface area contributed by atoms with Crippen LogP contribution in [0.2, 0.25) is 0 Å². The Labute approximate surface area is 176 Å². The molecule has 2 heterocycles. The number of fused-ring (bicyclic) bond motifs is 1. The van der Waals surface area contributed by atoms with Gasteiger partial charge in [-0.05, 0) is 82.4 Å². The van der Waals surface area contributed by atoms with Crippen molar-refractivity contribution in [2.75, 3.05) is 6.61 Å². The molecule has 1 unspecified atom stereocenters. The number of aryl methyl sites for hydroxylation is 1. The Morgan fingerprint density at radius 2 is 1.87 bits per heavy atom. The van der Waals surface area contributed by atoms with Gasteiger partial charge in [-0.2, -0.15) is 11.3 Å². The van der Waals surface area contributed by atoms with Gasteiger partial charge >= 0.3 is 0 Å². The van der Waals surface area contributed by atoms with Crippen molar-refractivity contribution in [2.45, 2.75) is 18.9 Å². The molecule has 7 heteroatoms. The van der Waals surface area contributed by atoms with E-state index in [2.05, 4.69) is 10.3 Å². The van der Waals surface area contributed by atoms with Crippen molar-refractivity contribution in [3.05, 3.63) is 82.1 Å². The van der Waals surface area contributed by atoms with E-state index in [4.69, 9.17) is 0 Å². The maximum atomic E-state index is 13.9. The van der Waals surface area contributed by atoms with Gasteiger partial charge in [-0.1, -0.05) is 0 Å². The lowest BCUT2D eigenvalue weighted by atomic mass is 10.0. The van der Waals surface area contributed by atoms with Crippen molar-refractivity contribution in [3.8, 4) is 11.3 Å². The fraction of sp³-hybridized carbons (Fsp3) is 0.174. The Balaban J connectivity index is 1.59. The standard InChI is InChI=1S/C23H20F2N2O2S/c24-16-3-1-14(2-4-16)23-18(19-11-17(25)5-7-20(19)27-23)6-8-22(29)26-21(12-28)15-9-10-30-13-15/h1-5,7,9-11,13,21,27-28H,6,8,12H2,(H,26,29). The second-order valence-electron chi connectivity index (χ2n) is 7.03. The Kier molecular flexibility index (Phi) is 5.92. The first-order valence-corrected chi connectivity index (χ1v) is 10.5. The predicted octanol–water partition coefficient (Wildman–Crippen LogP) is 4.96. The van der Waals surface area contributed by atoms with Crippen LogP contribution >= 0.6 is 11.3 Å². The monoisotopic (exact) mass is 426 g/mol. The molecule has 0 bridgehead atoms. The SMILES string of the molecule is O=C(CCc1c(-c2ccc(F)cc2)[nH]c2ccc(F)cc12)NC(CO)c1ccsc1. The lowest BCUT2D eigenvalue weighted by Crippen LogP contribution is -2.30. The normalized spacial score (nSPS) is 12.2. The third-order valence-electron chi connectivity index (χ3n) is 5.07. The van der Waals surface area contributed by atoms with Gasteiger partial charge in [0.05, 0.1) is 12.6 Å². The van der Waals surface area contributed by atoms with Crippen LogP contribution in [0.15, 0.2) is 59.3 Å². The minimum Gasteiger partial charge on any atom is -0.394 e. The third-order valence-corrected chi connectivity index (χ3v) is 5.77. The minimum absolute atomic E-state index is 0.165. The van der Waals surface area contributed by atoms with Crippen LogP contribution in [0, 0.1) is 11.6 Å². The number of aromatic nitrogens is 1. The van der Waals surface area contributed by atoms with Gasteiger partial charge in [0.1, 0.15) is 11.6 Å². The smallest absolute Gasteiger partial charge is 0.220 e. The van der Waals surface area contributed by atoms with Gasteiger partial charge in [-0.3, -0.25) is 4.79 Å². The molecule has 3 N–H and O–H groups in total. The number of carbonyl (C=O) groups is 1. The molecule has 0 aliphatic heterocycles. The van der Waals surface area contributed by atoms with Crippen LogP contribution in [0.5, 0.6) is 0 Å². The molecule has 0 aliphatic rings. The molecule has 4 nitrogen and oxygen atoms in total. The number of aliphatic hydroxyl groups excluding tert-OH is 1. The molecular formula is C23H20F2N2O2S. The Bertz CT molecular complexity index is 1150. The quantitative estimate of drug-likeness (QED) is 0.391. The molecule has 1 atom stereocenters. The second-order valence-corrected chi connectivity index (χ2v) is 7.81. The van der Waals surface area contributed by atoms with E-state index in [0.29, 0.717) is 11.8 Å². The molecule has 0 saturated carbocycles. The lowest BCUT2D eigenvalue weighted by Gasteiger charge is -2.15. The fourth-order valence-corrected chi connectivity index (χ4v) is 4.27. The number of benzene rings is 2. The Morgan fingerprint density at radius 1 is 1.10 bits per heavy atom. The van der Waals surface area contributed by atoms with Gasteiger partial charge in [0.25, 0.3) is 0 Å². The van der Waals surface area contributed by atoms with Crippen LogP contribution < -0.4 is 5.32 Å². The first-order chi connectivity index (χ1) is 14.5. The summed E-state index contributed by atoms with van der Waals surface area (Å²) in [6.45, 7) is -0.193. The molecule has 1 amide bonds. The van der Waals surface area contributed by atoms with Crippen molar-refractivity contribution < 1.29 is 18.7 Å². The largest absolute Gasteiger partial charge is 0.394 e. The van der Waals surface area contributed by atoms with Gasteiger partial charge in [-0.25, -0.2) is 8.78 Å². The summed E-state index contributed by atoms with van der Waals surface area (Å²) in [5, 5.41) is 16.9. The molecule has 4 rings (SSSR count). The highest BCUT2D eigenvalue weighted by atomic mass is 32.1. The zero-order valence-corrected chi connectivity index (χ0v) is 16.8. The number of H-pyrrole nitrogens is 1. The van der Waals surface area contributed by atoms with Crippen LogP contribution in [0.3, 0.4) is 0 Å². The minimum atomic E-state index is -0.458. The average molecular weight is 426 g/mol. The van der Waals surface area contributed by atoms with E-state index in [-0.39, 0.29) is 30.6 Å². The van der Waals surface area contributed by atoms with Crippen molar-refractivity contribution in [3.63, 3.8) is 0 Å². The number of amides is 1. The lowest BCUT2D eigenvalue weighted by molar-refractivity contribution is -0.122. The molecule has 0 saturated heterocycles. The zero-order valence-electron chi connectivity index (χ0n) is 16.0. The van der Waals surface area contributed by atoms with Crippen LogP contribution in [0.1, 0.15) is 23.6 Å². The van der Waals surface area contributed by atoms with Gasteiger partial charge < -0.3 is 15.4 Å². The van der Waals surface area contributed by atoms with Gasteiger partial charge in [0.2, 0.25) is 5.91 Å². The summed E-state index contributed by atoms with van der Waals surface area (Å²) in [6, 6.07) is 11.9. The van der Waals surface area contributed by atoms with Crippen molar-refractivity contribution in [1.82, 2.24) is 10.3 Å². The highest BCUT2D eigenvalue weighted by molar-refractivity contribution is 7.08. The van der Waals surface area contributed by atoms with E-state index in [1.807, 2.05) is 16.8 Å². The van der Waals surface area contributed by atoms with Crippen molar-refractivity contribution >= 4 is 28.1 Å². The van der Waals surface area contributed by atoms with E-state index >= 15 is 0 Å². The molecule has 2 aromatic carbocycles. The molecule has 0 fully saturated rings. The number of nitrogens with one attached hydrogen (secondary N) is 2. The number of halogens is 2. The van der Waals surface area contributed by atoms with Crippen LogP contribution in [0.4, 0.5) is 8.78 Å². The van der Waals surface area contributed by atoms with Gasteiger partial charge in [0.15, 0.2) is 0 Å². The molecule has 4 aromatic rings. The Hall–Kier alpha value is -3.03. The molecule has 30 heavy (non-hydrogen) atoms. The van der Waals surface area contributed by atoms with Crippen molar-refractivity contribution in [2.24, 2.45) is 0 Å². The fourth-order valence-electron chi connectivity index (χ4n) is 3.56. The van der Waals surface area contributed by atoms with E-state index < -0.39 is 6.04 Å². The van der Waals surface area contributed by atoms with Crippen LogP contribution in [-0.4, -0.2) is 22.6 Å². The number of rotatable bonds is 7. The van der Waals surface area contributed by atoms with E-state index in [0.717, 1.165) is 27.9 Å². The highest BCUT2D eigenvalue weighted by Crippen LogP contribution is 2.32. The zero-order chi connectivity index (χ0) is 21.1. The van der Waals surface area contributed by atoms with Gasteiger partial charge in [0, 0.05) is 23.0 Å². The number of aliphatic hydroxyl groups is 1. The highest BCUT2D eigenvalue weighted by Gasteiger charge is 2.18. The molecule has 0 aliphatic carbocycles. The molecule has 0 radical (unpaired) electrons. The van der Waals surface area contributed by atoms with Crippen LogP contribution in [-0.2, 0) is 11.2 Å². The first kappa shape index (κ1) is 20.3. The molecular weight excluding hydrogens is 406 g/mol. The van der Waals surface area contributed by atoms with E-state index in [9.17, 15) is 18.7 Å². The number of hydrogen-bond acceptors (Lipinski definition) is 3. The predicted molar refractivity (Wildman–Crippen MR) is 114 cm³/mol. The summed E-state index contributed by atoms with van der Waals surface area (Å²) in [4.78, 5) is 15.8. The topological polar surface area (TPSA) is 65.1 Å². The Morgan fingerprint density at radius 3 is 2.57 bits per heavy atom. The molecule has 154 valence electrons. The summed E-state index contributed by atoms with van der Waals surface area (Å²) in [5.74, 6) is -0.919. The number of carbonyl (C=O) groups excluding carboxylic acids is 1. The van der Waals surface area contributed by atoms with Crippen LogP contribution in [0.25, 0.3) is 22.2 Å². The average Bonchev–Trinajstić information content (AvgIpc) is 3.39.